The molecule has 1 atom stereocenters. The molecule has 8 heteroatoms. The van der Waals surface area contributed by atoms with Crippen LogP contribution in [0.3, 0.4) is 0 Å². The fourth-order valence-corrected chi connectivity index (χ4v) is 4.39. The van der Waals surface area contributed by atoms with Crippen LogP contribution in [0, 0.1) is 12.7 Å². The minimum Gasteiger partial charge on any atom is -0.274 e. The molecule has 0 radical (unpaired) electrons. The topological polar surface area (TPSA) is 71.5 Å². The van der Waals surface area contributed by atoms with Crippen LogP contribution in [0.4, 0.5) is 10.1 Å². The molecule has 0 saturated carbocycles. The van der Waals surface area contributed by atoms with Gasteiger partial charge in [-0.2, -0.15) is 0 Å². The van der Waals surface area contributed by atoms with E-state index in [1.807, 2.05) is 0 Å². The molecule has 1 fully saturated rings. The lowest BCUT2D eigenvalue weighted by molar-refractivity contribution is -0.121. The molecular weight excluding hydrogens is 369 g/mol. The zero-order chi connectivity index (χ0) is 18.4. The van der Waals surface area contributed by atoms with Gasteiger partial charge in [0.1, 0.15) is 5.82 Å². The second-order valence-electron chi connectivity index (χ2n) is 5.72. The highest BCUT2D eigenvalue weighted by atomic mass is 35.5. The van der Waals surface area contributed by atoms with Gasteiger partial charge in [0, 0.05) is 0 Å². The predicted molar refractivity (Wildman–Crippen MR) is 90.7 cm³/mol. The smallest absolute Gasteiger partial charge is 0.253 e. The molecule has 2 aromatic carbocycles. The second kappa shape index (κ2) is 6.24. The van der Waals surface area contributed by atoms with Gasteiger partial charge in [0.25, 0.3) is 5.91 Å². The van der Waals surface area contributed by atoms with Crippen LogP contribution in [-0.4, -0.2) is 25.5 Å². The van der Waals surface area contributed by atoms with Gasteiger partial charge in [-0.15, -0.1) is 0 Å². The minimum atomic E-state index is -4.02. The van der Waals surface area contributed by atoms with Crippen molar-refractivity contribution in [3.63, 3.8) is 0 Å². The molecule has 1 saturated heterocycles. The summed E-state index contributed by atoms with van der Waals surface area (Å²) in [4.78, 5) is 25.5. The number of imide groups is 1. The standard InChI is InChI=1S/C17H13ClFNO4S/c1-10-2-5-12(6-3-10)25(23,24)15-9-16(21)20(17(15)22)11-4-7-14(19)13(18)8-11/h2-8,15H,9H2,1H3/t15-/m1/s1. The Bertz CT molecular complexity index is 973. The number of carbonyl (C=O) groups is 2. The van der Waals surface area contributed by atoms with E-state index in [9.17, 15) is 22.4 Å². The van der Waals surface area contributed by atoms with Gasteiger partial charge < -0.3 is 0 Å². The van der Waals surface area contributed by atoms with E-state index in [1.54, 1.807) is 19.1 Å². The van der Waals surface area contributed by atoms with Crippen LogP contribution in [-0.2, 0) is 19.4 Å². The molecule has 2 aromatic rings. The number of hydrogen-bond donors (Lipinski definition) is 0. The van der Waals surface area contributed by atoms with E-state index < -0.39 is 39.1 Å². The lowest BCUT2D eigenvalue weighted by atomic mass is 10.2. The highest BCUT2D eigenvalue weighted by Crippen LogP contribution is 2.31. The van der Waals surface area contributed by atoms with Crippen LogP contribution in [0.1, 0.15) is 12.0 Å². The van der Waals surface area contributed by atoms with Crippen molar-refractivity contribution in [2.24, 2.45) is 0 Å². The summed E-state index contributed by atoms with van der Waals surface area (Å²) in [7, 11) is -4.02. The zero-order valence-electron chi connectivity index (χ0n) is 13.1. The third-order valence-corrected chi connectivity index (χ3v) is 6.33. The number of amides is 2. The molecule has 5 nitrogen and oxygen atoms in total. The van der Waals surface area contributed by atoms with E-state index in [0.717, 1.165) is 22.6 Å². The second-order valence-corrected chi connectivity index (χ2v) is 8.25. The van der Waals surface area contributed by atoms with Crippen molar-refractivity contribution < 1.29 is 22.4 Å². The van der Waals surface area contributed by atoms with Gasteiger partial charge in [0.2, 0.25) is 5.91 Å². The summed E-state index contributed by atoms with van der Waals surface area (Å²) in [5, 5.41) is -1.77. The van der Waals surface area contributed by atoms with Crippen molar-refractivity contribution in [3.05, 3.63) is 58.9 Å². The molecule has 25 heavy (non-hydrogen) atoms. The molecule has 0 spiro atoms. The number of hydrogen-bond acceptors (Lipinski definition) is 4. The van der Waals surface area contributed by atoms with Crippen molar-refractivity contribution in [3.8, 4) is 0 Å². The van der Waals surface area contributed by atoms with Gasteiger partial charge in [-0.3, -0.25) is 9.59 Å². The van der Waals surface area contributed by atoms with Crippen molar-refractivity contribution in [1.29, 1.82) is 0 Å². The molecule has 1 aliphatic heterocycles. The fraction of sp³-hybridized carbons (Fsp3) is 0.176. The molecule has 2 amide bonds. The van der Waals surface area contributed by atoms with Gasteiger partial charge in [-0.1, -0.05) is 29.3 Å². The van der Waals surface area contributed by atoms with Crippen molar-refractivity contribution >= 4 is 38.9 Å². The lowest BCUT2D eigenvalue weighted by Crippen LogP contribution is -2.35. The highest BCUT2D eigenvalue weighted by molar-refractivity contribution is 7.93. The quantitative estimate of drug-likeness (QED) is 0.766. The summed E-state index contributed by atoms with van der Waals surface area (Å²) in [6.45, 7) is 1.81. The van der Waals surface area contributed by atoms with E-state index in [1.165, 1.54) is 18.2 Å². The van der Waals surface area contributed by atoms with Crippen LogP contribution >= 0.6 is 11.6 Å². The van der Waals surface area contributed by atoms with Gasteiger partial charge in [0.05, 0.1) is 22.0 Å². The van der Waals surface area contributed by atoms with Gasteiger partial charge in [-0.25, -0.2) is 17.7 Å². The Kier molecular flexibility index (Phi) is 4.38. The van der Waals surface area contributed by atoms with Gasteiger partial charge >= 0.3 is 0 Å². The molecule has 130 valence electrons. The molecule has 0 aromatic heterocycles. The molecule has 0 aliphatic carbocycles. The zero-order valence-corrected chi connectivity index (χ0v) is 14.6. The van der Waals surface area contributed by atoms with E-state index >= 15 is 0 Å². The predicted octanol–water partition coefficient (Wildman–Crippen LogP) is 2.89. The summed E-state index contributed by atoms with van der Waals surface area (Å²) in [5.74, 6) is -2.24. The van der Waals surface area contributed by atoms with Crippen molar-refractivity contribution in [1.82, 2.24) is 0 Å². The van der Waals surface area contributed by atoms with Gasteiger partial charge in [0.15, 0.2) is 15.1 Å². The third kappa shape index (κ3) is 3.05. The maximum absolute atomic E-state index is 13.3. The third-order valence-electron chi connectivity index (χ3n) is 3.99. The Morgan fingerprint density at radius 2 is 1.76 bits per heavy atom. The largest absolute Gasteiger partial charge is 0.274 e. The SMILES string of the molecule is Cc1ccc(S(=O)(=O)[C@@H]2CC(=O)N(c3ccc(F)c(Cl)c3)C2=O)cc1. The molecule has 0 unspecified atom stereocenters. The normalized spacial score (nSPS) is 18.0. The molecular formula is C17H13ClFNO4S. The maximum Gasteiger partial charge on any atom is 0.253 e. The summed E-state index contributed by atoms with van der Waals surface area (Å²) < 4.78 is 38.7. The van der Waals surface area contributed by atoms with Crippen LogP contribution in [0.2, 0.25) is 5.02 Å². The van der Waals surface area contributed by atoms with Crippen LogP contribution in [0.5, 0.6) is 0 Å². The average Bonchev–Trinajstić information content (AvgIpc) is 2.86. The first-order valence-corrected chi connectivity index (χ1v) is 9.26. The fourth-order valence-electron chi connectivity index (χ4n) is 2.63. The first kappa shape index (κ1) is 17.6. The molecule has 3 rings (SSSR count). The number of carbonyl (C=O) groups excluding carboxylic acids is 2. The Hall–Kier alpha value is -2.25. The first-order valence-electron chi connectivity index (χ1n) is 7.34. The molecule has 0 bridgehead atoms. The minimum absolute atomic E-state index is 0.0248. The highest BCUT2D eigenvalue weighted by Gasteiger charge is 2.47. The number of sulfone groups is 1. The molecule has 1 heterocycles. The first-order chi connectivity index (χ1) is 11.7. The Morgan fingerprint density at radius 3 is 2.36 bits per heavy atom. The van der Waals surface area contributed by atoms with E-state index in [4.69, 9.17) is 11.6 Å². The Balaban J connectivity index is 1.98. The van der Waals surface area contributed by atoms with Crippen molar-refractivity contribution in [2.75, 3.05) is 4.90 Å². The number of halogens is 2. The average molecular weight is 382 g/mol. The monoisotopic (exact) mass is 381 g/mol. The van der Waals surface area contributed by atoms with Gasteiger partial charge in [-0.05, 0) is 37.3 Å². The number of rotatable bonds is 3. The van der Waals surface area contributed by atoms with Crippen LogP contribution in [0.25, 0.3) is 0 Å². The Labute approximate surface area is 148 Å². The van der Waals surface area contributed by atoms with E-state index in [-0.39, 0.29) is 15.6 Å². The van der Waals surface area contributed by atoms with E-state index in [0.29, 0.717) is 0 Å². The number of anilines is 1. The number of nitrogens with zero attached hydrogens (tertiary/aromatic N) is 1. The lowest BCUT2D eigenvalue weighted by Gasteiger charge is -2.15. The van der Waals surface area contributed by atoms with E-state index in [2.05, 4.69) is 0 Å². The van der Waals surface area contributed by atoms with Crippen LogP contribution in [0.15, 0.2) is 47.4 Å². The Morgan fingerprint density at radius 1 is 1.12 bits per heavy atom. The molecule has 0 N–H and O–H groups in total. The summed E-state index contributed by atoms with van der Waals surface area (Å²) in [5.41, 5.74) is 0.915. The summed E-state index contributed by atoms with van der Waals surface area (Å²) in [6.07, 6.45) is -0.468. The maximum atomic E-state index is 13.3. The summed E-state index contributed by atoms with van der Waals surface area (Å²) in [6, 6.07) is 9.38. The number of aryl methyl sites for hydroxylation is 1. The van der Waals surface area contributed by atoms with Crippen LogP contribution < -0.4 is 4.90 Å². The van der Waals surface area contributed by atoms with Crippen molar-refractivity contribution in [2.45, 2.75) is 23.5 Å². The summed E-state index contributed by atoms with van der Waals surface area (Å²) >= 11 is 5.68. The molecule has 1 aliphatic rings. The number of benzene rings is 2.